The molecule has 1 aliphatic carbocycles. The predicted octanol–water partition coefficient (Wildman–Crippen LogP) is 1.06. The molecule has 2 aliphatic rings. The summed E-state index contributed by atoms with van der Waals surface area (Å²) < 4.78 is 0. The van der Waals surface area contributed by atoms with Gasteiger partial charge in [-0.2, -0.15) is 0 Å². The van der Waals surface area contributed by atoms with Gasteiger partial charge in [-0.3, -0.25) is 0 Å². The second kappa shape index (κ2) is 4.00. The van der Waals surface area contributed by atoms with Crippen molar-refractivity contribution in [1.29, 1.82) is 0 Å². The van der Waals surface area contributed by atoms with Crippen molar-refractivity contribution in [1.82, 2.24) is 10.2 Å². The predicted molar refractivity (Wildman–Crippen MR) is 59.6 cm³/mol. The first-order chi connectivity index (χ1) is 7.07. The van der Waals surface area contributed by atoms with Gasteiger partial charge in [0.05, 0.1) is 0 Å². The van der Waals surface area contributed by atoms with Crippen LogP contribution in [0.15, 0.2) is 0 Å². The Morgan fingerprint density at radius 2 is 1.93 bits per heavy atom. The summed E-state index contributed by atoms with van der Waals surface area (Å²) in [6.07, 6.45) is 6.09. The van der Waals surface area contributed by atoms with Crippen molar-refractivity contribution >= 4 is 6.03 Å². The number of rotatable bonds is 1. The zero-order valence-corrected chi connectivity index (χ0v) is 9.46. The molecule has 1 heterocycles. The SMILES string of the molecule is CC1(N)CN(C(=O)NC2CCCCC2)C1. The number of nitrogens with two attached hydrogens (primary N) is 1. The highest BCUT2D eigenvalue weighted by Gasteiger charge is 2.38. The number of carbonyl (C=O) groups excluding carboxylic acids is 1. The van der Waals surface area contributed by atoms with Crippen LogP contribution in [0.3, 0.4) is 0 Å². The van der Waals surface area contributed by atoms with Crippen LogP contribution < -0.4 is 11.1 Å². The number of nitrogens with one attached hydrogen (secondary N) is 1. The molecule has 3 N–H and O–H groups in total. The Balaban J connectivity index is 1.73. The van der Waals surface area contributed by atoms with Crippen LogP contribution in [0.4, 0.5) is 4.79 Å². The average Bonchev–Trinajstić information content (AvgIpc) is 2.15. The van der Waals surface area contributed by atoms with Crippen LogP contribution in [0.25, 0.3) is 0 Å². The molecule has 2 rings (SSSR count). The first-order valence-corrected chi connectivity index (χ1v) is 5.91. The molecule has 0 aromatic rings. The number of nitrogens with zero attached hydrogens (tertiary/aromatic N) is 1. The Bertz CT molecular complexity index is 238. The zero-order chi connectivity index (χ0) is 10.9. The number of urea groups is 1. The number of hydrogen-bond acceptors (Lipinski definition) is 2. The minimum Gasteiger partial charge on any atom is -0.335 e. The number of carbonyl (C=O) groups is 1. The fraction of sp³-hybridized carbons (Fsp3) is 0.909. The summed E-state index contributed by atoms with van der Waals surface area (Å²) >= 11 is 0. The van der Waals surface area contributed by atoms with Crippen LogP contribution in [0.1, 0.15) is 39.0 Å². The van der Waals surface area contributed by atoms with Gasteiger partial charge in [0.1, 0.15) is 0 Å². The maximum atomic E-state index is 11.7. The van der Waals surface area contributed by atoms with Gasteiger partial charge < -0.3 is 16.0 Å². The molecule has 15 heavy (non-hydrogen) atoms. The van der Waals surface area contributed by atoms with Gasteiger partial charge in [0.15, 0.2) is 0 Å². The van der Waals surface area contributed by atoms with E-state index in [1.807, 2.05) is 6.92 Å². The van der Waals surface area contributed by atoms with Crippen LogP contribution in [0.5, 0.6) is 0 Å². The third-order valence-electron chi connectivity index (χ3n) is 3.32. The third kappa shape index (κ3) is 2.62. The van der Waals surface area contributed by atoms with E-state index in [-0.39, 0.29) is 11.6 Å². The number of hydrogen-bond donors (Lipinski definition) is 2. The van der Waals surface area contributed by atoms with E-state index in [1.165, 1.54) is 19.3 Å². The largest absolute Gasteiger partial charge is 0.335 e. The molecule has 86 valence electrons. The highest BCUT2D eigenvalue weighted by Crippen LogP contribution is 2.20. The molecule has 0 unspecified atom stereocenters. The minimum absolute atomic E-state index is 0.0739. The van der Waals surface area contributed by atoms with Gasteiger partial charge in [0.25, 0.3) is 0 Å². The molecule has 0 radical (unpaired) electrons. The van der Waals surface area contributed by atoms with Gasteiger partial charge in [-0.15, -0.1) is 0 Å². The van der Waals surface area contributed by atoms with Crippen LogP contribution in [-0.4, -0.2) is 35.6 Å². The summed E-state index contributed by atoms with van der Waals surface area (Å²) in [6.45, 7) is 3.36. The second-order valence-electron chi connectivity index (χ2n) is 5.29. The summed E-state index contributed by atoms with van der Waals surface area (Å²) in [5.74, 6) is 0. The lowest BCUT2D eigenvalue weighted by molar-refractivity contribution is 0.104. The first-order valence-electron chi connectivity index (χ1n) is 5.91. The summed E-state index contributed by atoms with van der Waals surface area (Å²) in [7, 11) is 0. The Hall–Kier alpha value is -0.770. The molecule has 4 nitrogen and oxygen atoms in total. The number of amides is 2. The van der Waals surface area contributed by atoms with Crippen molar-refractivity contribution in [2.45, 2.75) is 50.6 Å². The zero-order valence-electron chi connectivity index (χ0n) is 9.46. The lowest BCUT2D eigenvalue weighted by Gasteiger charge is -2.45. The Labute approximate surface area is 91.2 Å². The van der Waals surface area contributed by atoms with E-state index >= 15 is 0 Å². The van der Waals surface area contributed by atoms with E-state index in [0.29, 0.717) is 19.1 Å². The smallest absolute Gasteiger partial charge is 0.317 e. The van der Waals surface area contributed by atoms with Gasteiger partial charge in [0, 0.05) is 24.7 Å². The summed E-state index contributed by atoms with van der Waals surface area (Å²) in [6, 6.07) is 0.473. The fourth-order valence-corrected chi connectivity index (χ4v) is 2.48. The van der Waals surface area contributed by atoms with E-state index < -0.39 is 0 Å². The van der Waals surface area contributed by atoms with Gasteiger partial charge in [0.2, 0.25) is 0 Å². The molecule has 0 aromatic heterocycles. The van der Waals surface area contributed by atoms with Crippen molar-refractivity contribution in [3.8, 4) is 0 Å². The van der Waals surface area contributed by atoms with Crippen molar-refractivity contribution in [2.75, 3.05) is 13.1 Å². The third-order valence-corrected chi connectivity index (χ3v) is 3.32. The highest BCUT2D eigenvalue weighted by molar-refractivity contribution is 5.75. The molecular formula is C11H21N3O. The van der Waals surface area contributed by atoms with Crippen molar-refractivity contribution < 1.29 is 4.79 Å². The summed E-state index contributed by atoms with van der Waals surface area (Å²) in [5, 5.41) is 3.09. The Morgan fingerprint density at radius 3 is 2.47 bits per heavy atom. The minimum atomic E-state index is -0.163. The molecule has 2 amide bonds. The summed E-state index contributed by atoms with van der Waals surface area (Å²) in [5.41, 5.74) is 5.70. The Kier molecular flexibility index (Phi) is 2.87. The molecule has 0 aromatic carbocycles. The first kappa shape index (κ1) is 10.7. The van der Waals surface area contributed by atoms with Crippen molar-refractivity contribution in [3.63, 3.8) is 0 Å². The van der Waals surface area contributed by atoms with Crippen LogP contribution >= 0.6 is 0 Å². The lowest BCUT2D eigenvalue weighted by atomic mass is 9.93. The van der Waals surface area contributed by atoms with Crippen LogP contribution in [0, 0.1) is 0 Å². The Morgan fingerprint density at radius 1 is 1.33 bits per heavy atom. The van der Waals surface area contributed by atoms with E-state index in [0.717, 1.165) is 12.8 Å². The molecule has 0 spiro atoms. The van der Waals surface area contributed by atoms with Gasteiger partial charge in [-0.25, -0.2) is 4.79 Å². The van der Waals surface area contributed by atoms with Gasteiger partial charge in [-0.05, 0) is 19.8 Å². The quantitative estimate of drug-likeness (QED) is 0.681. The second-order valence-corrected chi connectivity index (χ2v) is 5.29. The molecule has 1 aliphatic heterocycles. The van der Waals surface area contributed by atoms with E-state index in [9.17, 15) is 4.79 Å². The molecule has 0 atom stereocenters. The summed E-state index contributed by atoms with van der Waals surface area (Å²) in [4.78, 5) is 13.5. The standard InChI is InChI=1S/C11H21N3O/c1-11(12)7-14(8-11)10(15)13-9-5-3-2-4-6-9/h9H,2-8,12H2,1H3,(H,13,15). The van der Waals surface area contributed by atoms with Gasteiger partial charge in [-0.1, -0.05) is 19.3 Å². The monoisotopic (exact) mass is 211 g/mol. The molecule has 1 saturated heterocycles. The molecular weight excluding hydrogens is 190 g/mol. The highest BCUT2D eigenvalue weighted by atomic mass is 16.2. The topological polar surface area (TPSA) is 58.4 Å². The molecule has 0 bridgehead atoms. The van der Waals surface area contributed by atoms with Crippen molar-refractivity contribution in [3.05, 3.63) is 0 Å². The normalized spacial score (nSPS) is 25.9. The molecule has 4 heteroatoms. The van der Waals surface area contributed by atoms with Crippen molar-refractivity contribution in [2.24, 2.45) is 5.73 Å². The average molecular weight is 211 g/mol. The van der Waals surface area contributed by atoms with Crippen LogP contribution in [-0.2, 0) is 0 Å². The molecule has 2 fully saturated rings. The number of likely N-dealkylation sites (tertiary alicyclic amines) is 1. The fourth-order valence-electron chi connectivity index (χ4n) is 2.48. The maximum absolute atomic E-state index is 11.7. The molecule has 1 saturated carbocycles. The van der Waals surface area contributed by atoms with Crippen LogP contribution in [0.2, 0.25) is 0 Å². The van der Waals surface area contributed by atoms with E-state index in [2.05, 4.69) is 5.32 Å². The maximum Gasteiger partial charge on any atom is 0.317 e. The lowest BCUT2D eigenvalue weighted by Crippen LogP contribution is -2.68. The van der Waals surface area contributed by atoms with Gasteiger partial charge >= 0.3 is 6.03 Å². The van der Waals surface area contributed by atoms with E-state index in [1.54, 1.807) is 4.90 Å². The van der Waals surface area contributed by atoms with E-state index in [4.69, 9.17) is 5.73 Å².